The van der Waals surface area contributed by atoms with E-state index in [1.54, 1.807) is 0 Å². The predicted octanol–water partition coefficient (Wildman–Crippen LogP) is 2.65. The molecule has 2 aliphatic rings. The van der Waals surface area contributed by atoms with Gasteiger partial charge in [-0.2, -0.15) is 0 Å². The predicted molar refractivity (Wildman–Crippen MR) is 74.1 cm³/mol. The molecule has 2 rings (SSSR count). The Hall–Kier alpha value is -0.0800. The van der Waals surface area contributed by atoms with Gasteiger partial charge in [0.25, 0.3) is 0 Å². The Labute approximate surface area is 107 Å². The van der Waals surface area contributed by atoms with Crippen LogP contribution >= 0.6 is 0 Å². The molecule has 0 aromatic carbocycles. The molecule has 0 aromatic rings. The van der Waals surface area contributed by atoms with Crippen LogP contribution in [-0.4, -0.2) is 26.2 Å². The summed E-state index contributed by atoms with van der Waals surface area (Å²) in [6.07, 6.45) is 4.14. The molecule has 2 nitrogen and oxygen atoms in total. The zero-order chi connectivity index (χ0) is 12.5. The minimum absolute atomic E-state index is 0.537. The highest BCUT2D eigenvalue weighted by molar-refractivity contribution is 5.12. The van der Waals surface area contributed by atoms with E-state index >= 15 is 0 Å². The van der Waals surface area contributed by atoms with Crippen LogP contribution in [-0.2, 0) is 0 Å². The van der Waals surface area contributed by atoms with Gasteiger partial charge in [-0.25, -0.2) is 0 Å². The first-order chi connectivity index (χ1) is 7.96. The molecule has 2 heteroatoms. The summed E-state index contributed by atoms with van der Waals surface area (Å²) in [4.78, 5) is 0. The molecule has 1 saturated heterocycles. The van der Waals surface area contributed by atoms with Gasteiger partial charge in [-0.1, -0.05) is 27.7 Å². The van der Waals surface area contributed by atoms with Crippen molar-refractivity contribution < 1.29 is 0 Å². The van der Waals surface area contributed by atoms with E-state index < -0.39 is 0 Å². The number of hydrogen-bond donors (Lipinski definition) is 2. The molecular weight excluding hydrogens is 208 g/mol. The lowest BCUT2D eigenvalue weighted by Gasteiger charge is -2.09. The van der Waals surface area contributed by atoms with Crippen molar-refractivity contribution in [1.29, 1.82) is 0 Å². The van der Waals surface area contributed by atoms with Gasteiger partial charge in [0.1, 0.15) is 0 Å². The molecule has 0 aromatic heterocycles. The van der Waals surface area contributed by atoms with Gasteiger partial charge >= 0.3 is 0 Å². The van der Waals surface area contributed by atoms with Gasteiger partial charge in [-0.3, -0.25) is 0 Å². The van der Waals surface area contributed by atoms with E-state index in [0.717, 1.165) is 11.8 Å². The van der Waals surface area contributed by atoms with Crippen LogP contribution < -0.4 is 10.6 Å². The van der Waals surface area contributed by atoms with Crippen LogP contribution in [0.1, 0.15) is 47.0 Å². The van der Waals surface area contributed by atoms with Crippen molar-refractivity contribution in [2.75, 3.05) is 26.2 Å². The molecule has 2 N–H and O–H groups in total. The maximum atomic E-state index is 3.66. The summed E-state index contributed by atoms with van der Waals surface area (Å²) in [5, 5.41) is 7.10. The van der Waals surface area contributed by atoms with E-state index in [-0.39, 0.29) is 0 Å². The fraction of sp³-hybridized carbons (Fsp3) is 1.00. The highest BCUT2D eigenvalue weighted by Crippen LogP contribution is 2.67. The SMILES string of the molecule is CC1(C)C(CNCCCC2CCNC2)C1(C)C. The van der Waals surface area contributed by atoms with E-state index in [1.807, 2.05) is 0 Å². The van der Waals surface area contributed by atoms with Crippen LogP contribution in [0.5, 0.6) is 0 Å². The van der Waals surface area contributed by atoms with Gasteiger partial charge in [-0.05, 0) is 68.1 Å². The standard InChI is InChI=1S/C15H30N2/c1-14(2)13(15(14,3)4)11-16-8-5-6-12-7-9-17-10-12/h12-13,16-17H,5-11H2,1-4H3. The second-order valence-corrected chi connectivity index (χ2v) is 7.20. The summed E-state index contributed by atoms with van der Waals surface area (Å²) >= 11 is 0. The van der Waals surface area contributed by atoms with Crippen LogP contribution in [0.15, 0.2) is 0 Å². The molecule has 1 saturated carbocycles. The summed E-state index contributed by atoms with van der Waals surface area (Å²) in [5.41, 5.74) is 1.07. The average molecular weight is 238 g/mol. The Bertz CT molecular complexity index is 238. The van der Waals surface area contributed by atoms with Gasteiger partial charge < -0.3 is 10.6 Å². The number of rotatable bonds is 6. The van der Waals surface area contributed by atoms with Crippen molar-refractivity contribution in [3.05, 3.63) is 0 Å². The third-order valence-electron chi connectivity index (χ3n) is 5.80. The minimum atomic E-state index is 0.537. The molecule has 1 atom stereocenters. The maximum absolute atomic E-state index is 3.66. The second kappa shape index (κ2) is 4.89. The van der Waals surface area contributed by atoms with Crippen LogP contribution in [0.2, 0.25) is 0 Å². The zero-order valence-corrected chi connectivity index (χ0v) is 12.1. The molecule has 100 valence electrons. The Morgan fingerprint density at radius 1 is 1.18 bits per heavy atom. The summed E-state index contributed by atoms with van der Waals surface area (Å²) in [6.45, 7) is 14.5. The van der Waals surface area contributed by atoms with Crippen molar-refractivity contribution >= 4 is 0 Å². The van der Waals surface area contributed by atoms with Gasteiger partial charge in [0.05, 0.1) is 0 Å². The van der Waals surface area contributed by atoms with Crippen molar-refractivity contribution in [2.45, 2.75) is 47.0 Å². The van der Waals surface area contributed by atoms with Gasteiger partial charge in [0.15, 0.2) is 0 Å². The van der Waals surface area contributed by atoms with E-state index in [0.29, 0.717) is 10.8 Å². The molecule has 0 bridgehead atoms. The fourth-order valence-corrected chi connectivity index (χ4v) is 3.57. The molecule has 0 spiro atoms. The molecule has 1 aliphatic carbocycles. The summed E-state index contributed by atoms with van der Waals surface area (Å²) in [7, 11) is 0. The van der Waals surface area contributed by atoms with Crippen LogP contribution in [0.25, 0.3) is 0 Å². The topological polar surface area (TPSA) is 24.1 Å². The Kier molecular flexibility index (Phi) is 3.84. The monoisotopic (exact) mass is 238 g/mol. The van der Waals surface area contributed by atoms with Crippen LogP contribution in [0.3, 0.4) is 0 Å². The van der Waals surface area contributed by atoms with E-state index in [4.69, 9.17) is 0 Å². The van der Waals surface area contributed by atoms with Gasteiger partial charge in [0.2, 0.25) is 0 Å². The van der Waals surface area contributed by atoms with E-state index in [2.05, 4.69) is 38.3 Å². The summed E-state index contributed by atoms with van der Waals surface area (Å²) in [6, 6.07) is 0. The van der Waals surface area contributed by atoms with Crippen molar-refractivity contribution in [1.82, 2.24) is 10.6 Å². The van der Waals surface area contributed by atoms with Crippen molar-refractivity contribution in [3.63, 3.8) is 0 Å². The minimum Gasteiger partial charge on any atom is -0.316 e. The zero-order valence-electron chi connectivity index (χ0n) is 12.1. The van der Waals surface area contributed by atoms with E-state index in [9.17, 15) is 0 Å². The van der Waals surface area contributed by atoms with E-state index in [1.165, 1.54) is 45.4 Å². The fourth-order valence-electron chi connectivity index (χ4n) is 3.57. The lowest BCUT2D eigenvalue weighted by atomic mass is 10.0. The Morgan fingerprint density at radius 2 is 1.88 bits per heavy atom. The molecule has 1 aliphatic heterocycles. The second-order valence-electron chi connectivity index (χ2n) is 7.20. The molecule has 2 fully saturated rings. The Balaban J connectivity index is 1.52. The molecule has 17 heavy (non-hydrogen) atoms. The lowest BCUT2D eigenvalue weighted by molar-refractivity contribution is 0.457. The first-order valence-corrected chi connectivity index (χ1v) is 7.37. The highest BCUT2D eigenvalue weighted by atomic mass is 14.9. The van der Waals surface area contributed by atoms with Crippen LogP contribution in [0, 0.1) is 22.7 Å². The lowest BCUT2D eigenvalue weighted by Crippen LogP contribution is -2.21. The average Bonchev–Trinajstić information content (AvgIpc) is 2.65. The third kappa shape index (κ3) is 2.68. The van der Waals surface area contributed by atoms with Gasteiger partial charge in [-0.15, -0.1) is 0 Å². The van der Waals surface area contributed by atoms with Crippen LogP contribution in [0.4, 0.5) is 0 Å². The highest BCUT2D eigenvalue weighted by Gasteiger charge is 2.63. The Morgan fingerprint density at radius 3 is 2.41 bits per heavy atom. The first kappa shape index (κ1) is 13.4. The maximum Gasteiger partial charge on any atom is -0.000989 e. The molecule has 0 amide bonds. The largest absolute Gasteiger partial charge is 0.316 e. The summed E-state index contributed by atoms with van der Waals surface area (Å²) < 4.78 is 0. The number of hydrogen-bond acceptors (Lipinski definition) is 2. The molecule has 0 radical (unpaired) electrons. The smallest absolute Gasteiger partial charge is 0.000989 e. The van der Waals surface area contributed by atoms with Crippen molar-refractivity contribution in [2.24, 2.45) is 22.7 Å². The number of nitrogens with one attached hydrogen (secondary N) is 2. The molecular formula is C15H30N2. The molecule has 1 heterocycles. The van der Waals surface area contributed by atoms with Gasteiger partial charge in [0, 0.05) is 0 Å². The van der Waals surface area contributed by atoms with Crippen molar-refractivity contribution in [3.8, 4) is 0 Å². The molecule has 1 unspecified atom stereocenters. The normalized spacial score (nSPS) is 30.7. The first-order valence-electron chi connectivity index (χ1n) is 7.37. The third-order valence-corrected chi connectivity index (χ3v) is 5.80. The summed E-state index contributed by atoms with van der Waals surface area (Å²) in [5.74, 6) is 1.81. The quantitative estimate of drug-likeness (QED) is 0.695.